The van der Waals surface area contributed by atoms with Crippen molar-refractivity contribution in [2.45, 2.75) is 82.6 Å². The van der Waals surface area contributed by atoms with Crippen LogP contribution in [0.15, 0.2) is 0 Å². The molecule has 0 amide bonds. The molecule has 1 saturated heterocycles. The van der Waals surface area contributed by atoms with Gasteiger partial charge in [-0.3, -0.25) is 4.90 Å². The van der Waals surface area contributed by atoms with E-state index in [-0.39, 0.29) is 0 Å². The van der Waals surface area contributed by atoms with Gasteiger partial charge in [0.15, 0.2) is 0 Å². The Labute approximate surface area is 136 Å². The van der Waals surface area contributed by atoms with Gasteiger partial charge >= 0.3 is 0 Å². The predicted molar refractivity (Wildman–Crippen MR) is 96.1 cm³/mol. The van der Waals surface area contributed by atoms with E-state index >= 15 is 0 Å². The number of hydrogen-bond acceptors (Lipinski definition) is 3. The van der Waals surface area contributed by atoms with Gasteiger partial charge in [0.2, 0.25) is 0 Å². The van der Waals surface area contributed by atoms with Gasteiger partial charge in [0.05, 0.1) is 0 Å². The molecule has 0 spiro atoms. The summed E-state index contributed by atoms with van der Waals surface area (Å²) >= 11 is 2.13. The minimum atomic E-state index is 0.324. The van der Waals surface area contributed by atoms with Crippen molar-refractivity contribution in [3.05, 3.63) is 0 Å². The summed E-state index contributed by atoms with van der Waals surface area (Å²) in [6.07, 6.45) is 16.9. The molecule has 2 aliphatic rings. The Kier molecular flexibility index (Phi) is 8.49. The first-order valence-corrected chi connectivity index (χ1v) is 10.6. The van der Waals surface area contributed by atoms with Crippen LogP contribution in [0.5, 0.6) is 0 Å². The molecule has 0 radical (unpaired) electrons. The van der Waals surface area contributed by atoms with E-state index in [1.165, 1.54) is 102 Å². The highest BCUT2D eigenvalue weighted by atomic mass is 32.2. The Morgan fingerprint density at radius 1 is 0.714 bits per heavy atom. The number of thioether (sulfide) groups is 1. The molecule has 2 N–H and O–H groups in total. The van der Waals surface area contributed by atoms with Gasteiger partial charge in [0.1, 0.15) is 0 Å². The number of nitrogens with two attached hydrogens (primary N) is 1. The number of rotatable bonds is 2. The second-order valence-electron chi connectivity index (χ2n) is 7.06. The third-order valence-electron chi connectivity index (χ3n) is 5.56. The van der Waals surface area contributed by atoms with E-state index in [0.717, 1.165) is 6.54 Å². The van der Waals surface area contributed by atoms with Crippen molar-refractivity contribution in [1.29, 1.82) is 0 Å². The SMILES string of the molecule is NCC1(N2CCCSCC2)CCCCCCCCCCC1. The van der Waals surface area contributed by atoms with E-state index in [0.29, 0.717) is 5.54 Å². The number of nitrogens with zero attached hydrogens (tertiary/aromatic N) is 1. The molecule has 1 aliphatic carbocycles. The molecule has 2 nitrogen and oxygen atoms in total. The van der Waals surface area contributed by atoms with Crippen LogP contribution in [0.1, 0.15) is 77.0 Å². The van der Waals surface area contributed by atoms with E-state index in [9.17, 15) is 0 Å². The minimum Gasteiger partial charge on any atom is -0.329 e. The van der Waals surface area contributed by atoms with Crippen LogP contribution in [0, 0.1) is 0 Å². The molecule has 124 valence electrons. The van der Waals surface area contributed by atoms with Crippen molar-refractivity contribution in [2.75, 3.05) is 31.1 Å². The Balaban J connectivity index is 1.98. The summed E-state index contributed by atoms with van der Waals surface area (Å²) in [5.74, 6) is 2.65. The summed E-state index contributed by atoms with van der Waals surface area (Å²) in [7, 11) is 0. The Morgan fingerprint density at radius 2 is 1.29 bits per heavy atom. The Morgan fingerprint density at radius 3 is 1.86 bits per heavy atom. The molecular formula is C18H36N2S. The lowest BCUT2D eigenvalue weighted by atomic mass is 9.83. The van der Waals surface area contributed by atoms with Crippen molar-refractivity contribution >= 4 is 11.8 Å². The summed E-state index contributed by atoms with van der Waals surface area (Å²) in [4.78, 5) is 2.79. The first-order valence-electron chi connectivity index (χ1n) is 9.40. The average Bonchev–Trinajstić information content (AvgIpc) is 2.78. The average molecular weight is 313 g/mol. The van der Waals surface area contributed by atoms with E-state index in [4.69, 9.17) is 5.73 Å². The molecule has 2 fully saturated rings. The predicted octanol–water partition coefficient (Wildman–Crippen LogP) is 4.43. The summed E-state index contributed by atoms with van der Waals surface area (Å²) in [6, 6.07) is 0. The van der Waals surface area contributed by atoms with Gasteiger partial charge in [-0.15, -0.1) is 0 Å². The summed E-state index contributed by atoms with van der Waals surface area (Å²) in [5, 5.41) is 0. The highest BCUT2D eigenvalue weighted by Gasteiger charge is 2.34. The molecule has 0 aromatic heterocycles. The third-order valence-corrected chi connectivity index (χ3v) is 6.61. The lowest BCUT2D eigenvalue weighted by molar-refractivity contribution is 0.0782. The zero-order valence-electron chi connectivity index (χ0n) is 14.0. The van der Waals surface area contributed by atoms with Crippen molar-refractivity contribution in [2.24, 2.45) is 5.73 Å². The molecule has 1 heterocycles. The molecule has 3 heteroatoms. The second-order valence-corrected chi connectivity index (χ2v) is 8.29. The normalized spacial score (nSPS) is 27.3. The molecular weight excluding hydrogens is 276 g/mol. The van der Waals surface area contributed by atoms with E-state index in [2.05, 4.69) is 16.7 Å². The molecule has 0 aromatic carbocycles. The van der Waals surface area contributed by atoms with Gasteiger partial charge in [0.25, 0.3) is 0 Å². The topological polar surface area (TPSA) is 29.3 Å². The maximum absolute atomic E-state index is 6.35. The molecule has 0 unspecified atom stereocenters. The number of hydrogen-bond donors (Lipinski definition) is 1. The largest absolute Gasteiger partial charge is 0.329 e. The van der Waals surface area contributed by atoms with Crippen molar-refractivity contribution in [3.8, 4) is 0 Å². The standard InChI is InChI=1S/C18H36N2S/c19-17-18(20-13-10-15-21-16-14-20)11-8-6-4-2-1-3-5-7-9-12-18/h1-17,19H2. The van der Waals surface area contributed by atoms with Crippen LogP contribution in [-0.4, -0.2) is 41.6 Å². The first-order chi connectivity index (χ1) is 10.4. The fraction of sp³-hybridized carbons (Fsp3) is 1.00. The quantitative estimate of drug-likeness (QED) is 0.818. The van der Waals surface area contributed by atoms with Crippen molar-refractivity contribution in [1.82, 2.24) is 4.90 Å². The molecule has 0 bridgehead atoms. The fourth-order valence-electron chi connectivity index (χ4n) is 4.14. The molecule has 0 aromatic rings. The van der Waals surface area contributed by atoms with Crippen LogP contribution in [0.2, 0.25) is 0 Å². The van der Waals surface area contributed by atoms with Gasteiger partial charge in [0, 0.05) is 24.4 Å². The molecule has 2 rings (SSSR count). The maximum Gasteiger partial charge on any atom is 0.0332 e. The van der Waals surface area contributed by atoms with Crippen LogP contribution in [0.25, 0.3) is 0 Å². The molecule has 1 saturated carbocycles. The van der Waals surface area contributed by atoms with Gasteiger partial charge in [-0.05, 0) is 31.6 Å². The third kappa shape index (κ3) is 5.76. The zero-order chi connectivity index (χ0) is 14.8. The smallest absolute Gasteiger partial charge is 0.0332 e. The van der Waals surface area contributed by atoms with Crippen LogP contribution in [0.3, 0.4) is 0 Å². The van der Waals surface area contributed by atoms with Crippen molar-refractivity contribution < 1.29 is 0 Å². The van der Waals surface area contributed by atoms with Crippen LogP contribution in [0.4, 0.5) is 0 Å². The zero-order valence-corrected chi connectivity index (χ0v) is 14.8. The molecule has 21 heavy (non-hydrogen) atoms. The molecule has 0 atom stereocenters. The fourth-order valence-corrected chi connectivity index (χ4v) is 5.03. The van der Waals surface area contributed by atoms with E-state index in [1.54, 1.807) is 0 Å². The monoisotopic (exact) mass is 312 g/mol. The summed E-state index contributed by atoms with van der Waals surface area (Å²) < 4.78 is 0. The lowest BCUT2D eigenvalue weighted by Gasteiger charge is -2.44. The maximum atomic E-state index is 6.35. The van der Waals surface area contributed by atoms with E-state index in [1.807, 2.05) is 0 Å². The lowest BCUT2D eigenvalue weighted by Crippen LogP contribution is -2.54. The summed E-state index contributed by atoms with van der Waals surface area (Å²) in [5.41, 5.74) is 6.68. The van der Waals surface area contributed by atoms with Crippen molar-refractivity contribution in [3.63, 3.8) is 0 Å². The van der Waals surface area contributed by atoms with Gasteiger partial charge in [-0.25, -0.2) is 0 Å². The van der Waals surface area contributed by atoms with Crippen LogP contribution >= 0.6 is 11.8 Å². The highest BCUT2D eigenvalue weighted by Crippen LogP contribution is 2.31. The minimum absolute atomic E-state index is 0.324. The molecule has 1 aliphatic heterocycles. The second kappa shape index (κ2) is 10.1. The van der Waals surface area contributed by atoms with Crippen LogP contribution in [-0.2, 0) is 0 Å². The van der Waals surface area contributed by atoms with Crippen LogP contribution < -0.4 is 5.73 Å². The van der Waals surface area contributed by atoms with E-state index < -0.39 is 0 Å². The van der Waals surface area contributed by atoms with Gasteiger partial charge in [-0.2, -0.15) is 11.8 Å². The van der Waals surface area contributed by atoms with Gasteiger partial charge < -0.3 is 5.73 Å². The Bertz CT molecular complexity index is 250. The van der Waals surface area contributed by atoms with Gasteiger partial charge in [-0.1, -0.05) is 57.8 Å². The highest BCUT2D eigenvalue weighted by molar-refractivity contribution is 7.99. The Hall–Kier alpha value is 0.270. The first kappa shape index (κ1) is 17.6. The summed E-state index contributed by atoms with van der Waals surface area (Å²) in [6.45, 7) is 3.42.